The molecule has 0 saturated carbocycles. The van der Waals surface area contributed by atoms with E-state index in [1.54, 1.807) is 0 Å². The summed E-state index contributed by atoms with van der Waals surface area (Å²) in [6.45, 7) is 0. The second-order valence-corrected chi connectivity index (χ2v) is 12.5. The lowest BCUT2D eigenvalue weighted by atomic mass is 9.98. The molecular formula is C45H27N3. The molecule has 3 nitrogen and oxygen atoms in total. The molecule has 2 aromatic heterocycles. The lowest BCUT2D eigenvalue weighted by molar-refractivity contribution is 1.17. The summed E-state index contributed by atoms with van der Waals surface area (Å²) >= 11 is 0. The first-order valence-corrected chi connectivity index (χ1v) is 16.3. The number of hydrogen-bond acceptors (Lipinski definition) is 1. The summed E-state index contributed by atoms with van der Waals surface area (Å²) in [5.41, 5.74) is 10.1. The van der Waals surface area contributed by atoms with Crippen LogP contribution in [0.2, 0.25) is 0 Å². The Balaban J connectivity index is 1.31. The van der Waals surface area contributed by atoms with Gasteiger partial charge < -0.3 is 9.13 Å². The zero-order valence-corrected chi connectivity index (χ0v) is 25.9. The molecule has 0 N–H and O–H groups in total. The van der Waals surface area contributed by atoms with Crippen LogP contribution in [-0.4, -0.2) is 9.13 Å². The average Bonchev–Trinajstić information content (AvgIpc) is 3.68. The normalized spacial score (nSPS) is 11.7. The van der Waals surface area contributed by atoms with Gasteiger partial charge in [-0.2, -0.15) is 5.26 Å². The molecule has 8 aromatic carbocycles. The van der Waals surface area contributed by atoms with E-state index in [0.29, 0.717) is 5.56 Å². The summed E-state index contributed by atoms with van der Waals surface area (Å²) in [5.74, 6) is 0. The molecule has 10 aromatic rings. The fraction of sp³-hybridized carbons (Fsp3) is 0. The molecule has 0 radical (unpaired) electrons. The lowest BCUT2D eigenvalue weighted by Crippen LogP contribution is -1.98. The van der Waals surface area contributed by atoms with Gasteiger partial charge in [0.1, 0.15) is 0 Å². The van der Waals surface area contributed by atoms with Gasteiger partial charge in [-0.25, -0.2) is 0 Å². The van der Waals surface area contributed by atoms with Gasteiger partial charge in [-0.1, -0.05) is 115 Å². The van der Waals surface area contributed by atoms with Gasteiger partial charge in [-0.15, -0.1) is 0 Å². The van der Waals surface area contributed by atoms with Crippen LogP contribution < -0.4 is 0 Å². The van der Waals surface area contributed by atoms with E-state index in [1.165, 1.54) is 65.5 Å². The van der Waals surface area contributed by atoms with Crippen LogP contribution in [0.4, 0.5) is 0 Å². The number of nitriles is 1. The largest absolute Gasteiger partial charge is 0.309 e. The number of para-hydroxylation sites is 5. The Morgan fingerprint density at radius 2 is 0.896 bits per heavy atom. The fourth-order valence-corrected chi connectivity index (χ4v) is 7.85. The number of hydrogen-bond donors (Lipinski definition) is 0. The Morgan fingerprint density at radius 3 is 1.52 bits per heavy atom. The standard InChI is InChI=1S/C45H27N3/c46-28-29-20-24-34-30(26-29)21-22-31-27-33(23-25-35(31)34)48-43-19-7-5-13-37(43)39-15-9-17-41(45(39)48)40-16-8-14-38-36-12-4-6-18-42(36)47(44(38)40)32-10-2-1-3-11-32/h1-27H. The van der Waals surface area contributed by atoms with Crippen LogP contribution in [0.15, 0.2) is 164 Å². The Bertz CT molecular complexity index is 2950. The van der Waals surface area contributed by atoms with Crippen molar-refractivity contribution in [1.29, 1.82) is 5.26 Å². The maximum Gasteiger partial charge on any atom is 0.0991 e. The number of aromatic nitrogens is 2. The molecule has 0 unspecified atom stereocenters. The summed E-state index contributed by atoms with van der Waals surface area (Å²) in [6.07, 6.45) is 0. The molecule has 0 bridgehead atoms. The van der Waals surface area contributed by atoms with Crippen LogP contribution in [0.3, 0.4) is 0 Å². The van der Waals surface area contributed by atoms with Crippen molar-refractivity contribution in [2.45, 2.75) is 0 Å². The van der Waals surface area contributed by atoms with Crippen molar-refractivity contribution >= 4 is 65.2 Å². The van der Waals surface area contributed by atoms with Gasteiger partial charge in [0, 0.05) is 44.0 Å². The minimum absolute atomic E-state index is 0.678. The van der Waals surface area contributed by atoms with Gasteiger partial charge in [0.25, 0.3) is 0 Å². The number of nitrogens with zero attached hydrogens (tertiary/aromatic N) is 3. The van der Waals surface area contributed by atoms with E-state index in [1.807, 2.05) is 12.1 Å². The Hall–Kier alpha value is -6.63. The van der Waals surface area contributed by atoms with E-state index in [9.17, 15) is 5.26 Å². The Kier molecular flexibility index (Phi) is 5.64. The third-order valence-electron chi connectivity index (χ3n) is 9.90. The Morgan fingerprint density at radius 1 is 0.375 bits per heavy atom. The van der Waals surface area contributed by atoms with Gasteiger partial charge >= 0.3 is 0 Å². The molecule has 0 fully saturated rings. The molecule has 0 amide bonds. The SMILES string of the molecule is N#Cc1ccc2c(ccc3cc(-n4c5ccccc5c5cccc(-c6cccc7c8ccccc8n(-c8ccccc8)c67)c54)ccc32)c1. The zero-order valence-electron chi connectivity index (χ0n) is 25.9. The minimum atomic E-state index is 0.678. The van der Waals surface area contributed by atoms with Gasteiger partial charge in [-0.3, -0.25) is 0 Å². The second-order valence-electron chi connectivity index (χ2n) is 12.5. The summed E-state index contributed by atoms with van der Waals surface area (Å²) in [4.78, 5) is 0. The fourth-order valence-electron chi connectivity index (χ4n) is 7.85. The highest BCUT2D eigenvalue weighted by Crippen LogP contribution is 2.43. The molecule has 3 heteroatoms. The predicted molar refractivity (Wildman–Crippen MR) is 200 cm³/mol. The van der Waals surface area contributed by atoms with E-state index >= 15 is 0 Å². The minimum Gasteiger partial charge on any atom is -0.309 e. The average molecular weight is 610 g/mol. The number of rotatable bonds is 3. The van der Waals surface area contributed by atoms with Crippen LogP contribution in [0.1, 0.15) is 5.56 Å². The number of benzene rings is 8. The van der Waals surface area contributed by atoms with Crippen LogP contribution in [-0.2, 0) is 0 Å². The third kappa shape index (κ3) is 3.75. The van der Waals surface area contributed by atoms with Crippen molar-refractivity contribution < 1.29 is 0 Å². The molecule has 2 heterocycles. The zero-order chi connectivity index (χ0) is 31.8. The van der Waals surface area contributed by atoms with Crippen molar-refractivity contribution in [3.8, 4) is 28.6 Å². The third-order valence-corrected chi connectivity index (χ3v) is 9.90. The van der Waals surface area contributed by atoms with Gasteiger partial charge in [-0.05, 0) is 70.1 Å². The van der Waals surface area contributed by atoms with E-state index in [2.05, 4.69) is 167 Å². The first-order chi connectivity index (χ1) is 23.8. The van der Waals surface area contributed by atoms with Gasteiger partial charge in [0.15, 0.2) is 0 Å². The molecular weight excluding hydrogens is 583 g/mol. The highest BCUT2D eigenvalue weighted by Gasteiger charge is 2.21. The summed E-state index contributed by atoms with van der Waals surface area (Å²) in [5, 5.41) is 19.0. The van der Waals surface area contributed by atoms with E-state index in [-0.39, 0.29) is 0 Å². The van der Waals surface area contributed by atoms with Crippen LogP contribution >= 0.6 is 0 Å². The predicted octanol–water partition coefficient (Wildman–Crippen LogP) is 11.7. The quantitative estimate of drug-likeness (QED) is 0.183. The van der Waals surface area contributed by atoms with Crippen LogP contribution in [0.25, 0.3) is 87.7 Å². The summed E-state index contributed by atoms with van der Waals surface area (Å²) in [7, 11) is 0. The molecule has 0 aliphatic heterocycles. The van der Waals surface area contributed by atoms with Crippen molar-refractivity contribution in [3.63, 3.8) is 0 Å². The van der Waals surface area contributed by atoms with E-state index < -0.39 is 0 Å². The van der Waals surface area contributed by atoms with Crippen molar-refractivity contribution in [2.24, 2.45) is 0 Å². The number of fused-ring (bicyclic) bond motifs is 9. The van der Waals surface area contributed by atoms with Crippen LogP contribution in [0, 0.1) is 11.3 Å². The summed E-state index contributed by atoms with van der Waals surface area (Å²) in [6, 6.07) is 60.9. The molecule has 0 saturated heterocycles. The Labute approximate surface area is 276 Å². The second kappa shape index (κ2) is 10.2. The van der Waals surface area contributed by atoms with E-state index in [0.717, 1.165) is 22.1 Å². The highest BCUT2D eigenvalue weighted by atomic mass is 15.0. The lowest BCUT2D eigenvalue weighted by Gasteiger charge is -2.15. The molecule has 48 heavy (non-hydrogen) atoms. The van der Waals surface area contributed by atoms with E-state index in [4.69, 9.17) is 0 Å². The first kappa shape index (κ1) is 26.6. The maximum absolute atomic E-state index is 9.44. The maximum atomic E-state index is 9.44. The smallest absolute Gasteiger partial charge is 0.0991 e. The molecule has 222 valence electrons. The molecule has 10 rings (SSSR count). The highest BCUT2D eigenvalue weighted by molar-refractivity contribution is 6.19. The molecule has 0 aliphatic rings. The first-order valence-electron chi connectivity index (χ1n) is 16.3. The van der Waals surface area contributed by atoms with Gasteiger partial charge in [0.2, 0.25) is 0 Å². The van der Waals surface area contributed by atoms with Crippen LogP contribution in [0.5, 0.6) is 0 Å². The molecule has 0 atom stereocenters. The van der Waals surface area contributed by atoms with Crippen molar-refractivity contribution in [2.75, 3.05) is 0 Å². The molecule has 0 spiro atoms. The molecule has 0 aliphatic carbocycles. The monoisotopic (exact) mass is 609 g/mol. The summed E-state index contributed by atoms with van der Waals surface area (Å²) < 4.78 is 4.86. The van der Waals surface area contributed by atoms with Gasteiger partial charge in [0.05, 0.1) is 33.7 Å². The van der Waals surface area contributed by atoms with Crippen molar-refractivity contribution in [1.82, 2.24) is 9.13 Å². The van der Waals surface area contributed by atoms with Crippen molar-refractivity contribution in [3.05, 3.63) is 169 Å². The topological polar surface area (TPSA) is 33.6 Å².